The molecule has 1 amide bonds. The van der Waals surface area contributed by atoms with Gasteiger partial charge >= 0.3 is 5.97 Å². The molecule has 0 bridgehead atoms. The monoisotopic (exact) mass is 347 g/mol. The molecule has 1 saturated heterocycles. The Balaban J connectivity index is 2.20. The number of carbonyl (C=O) groups excluding carboxylic acids is 1. The van der Waals surface area contributed by atoms with Gasteiger partial charge in [-0.05, 0) is 6.07 Å². The average molecular weight is 348 g/mol. The molecule has 1 unspecified atom stereocenters. The summed E-state index contributed by atoms with van der Waals surface area (Å²) in [5.74, 6) is -0.943. The van der Waals surface area contributed by atoms with Crippen LogP contribution >= 0.6 is 23.2 Å². The molecule has 0 aromatic heterocycles. The van der Waals surface area contributed by atoms with E-state index in [4.69, 9.17) is 37.8 Å². The van der Waals surface area contributed by atoms with Crippen LogP contribution in [0, 0.1) is 0 Å². The molecule has 0 spiro atoms. The highest BCUT2D eigenvalue weighted by Gasteiger charge is 2.28. The number of carboxylic acids is 1. The van der Waals surface area contributed by atoms with Gasteiger partial charge in [-0.15, -0.1) is 0 Å². The van der Waals surface area contributed by atoms with E-state index in [1.54, 1.807) is 0 Å². The second-order valence-electron chi connectivity index (χ2n) is 4.81. The predicted octanol–water partition coefficient (Wildman–Crippen LogP) is 2.32. The van der Waals surface area contributed by atoms with Crippen molar-refractivity contribution in [1.82, 2.24) is 4.90 Å². The molecule has 8 heteroatoms. The number of nitrogens with zero attached hydrogens (tertiary/aromatic N) is 1. The molecule has 120 valence electrons. The molecule has 6 nitrogen and oxygen atoms in total. The van der Waals surface area contributed by atoms with Gasteiger partial charge in [0.15, 0.2) is 0 Å². The van der Waals surface area contributed by atoms with Gasteiger partial charge in [0.05, 0.1) is 41.9 Å². The number of aliphatic carboxylic acids is 1. The number of carbonyl (C=O) groups is 2. The average Bonchev–Trinajstić information content (AvgIpc) is 2.48. The Hall–Kier alpha value is -1.50. The van der Waals surface area contributed by atoms with E-state index in [0.29, 0.717) is 17.3 Å². The van der Waals surface area contributed by atoms with Gasteiger partial charge in [0.1, 0.15) is 5.75 Å². The molecule has 0 radical (unpaired) electrons. The van der Waals surface area contributed by atoms with E-state index in [-0.39, 0.29) is 36.1 Å². The van der Waals surface area contributed by atoms with Crippen LogP contribution in [0.5, 0.6) is 5.75 Å². The molecule has 22 heavy (non-hydrogen) atoms. The van der Waals surface area contributed by atoms with Crippen LogP contribution in [0.15, 0.2) is 12.1 Å². The summed E-state index contributed by atoms with van der Waals surface area (Å²) in [6.45, 7) is 0.861. The fraction of sp³-hybridized carbons (Fsp3) is 0.429. The number of ether oxygens (including phenoxy) is 2. The van der Waals surface area contributed by atoms with Crippen molar-refractivity contribution in [1.29, 1.82) is 0 Å². The Kier molecular flexibility index (Phi) is 5.50. The van der Waals surface area contributed by atoms with E-state index < -0.39 is 12.1 Å². The van der Waals surface area contributed by atoms with Gasteiger partial charge < -0.3 is 19.5 Å². The fourth-order valence-electron chi connectivity index (χ4n) is 2.26. The van der Waals surface area contributed by atoms with Crippen LogP contribution in [0.1, 0.15) is 16.8 Å². The largest absolute Gasteiger partial charge is 0.496 e. The zero-order valence-electron chi connectivity index (χ0n) is 11.8. The molecule has 1 heterocycles. The number of hydrogen-bond donors (Lipinski definition) is 1. The maximum Gasteiger partial charge on any atom is 0.306 e. The molecule has 1 aromatic carbocycles. The zero-order chi connectivity index (χ0) is 16.3. The standard InChI is InChI=1S/C14H15Cl2NO5/c1-21-12-6-11(16)10(15)5-9(12)14(20)17-2-3-22-8(7-17)4-13(18)19/h5-6,8H,2-4,7H2,1H3,(H,18,19). The van der Waals surface area contributed by atoms with E-state index in [2.05, 4.69) is 0 Å². The minimum Gasteiger partial charge on any atom is -0.496 e. The smallest absolute Gasteiger partial charge is 0.306 e. The van der Waals surface area contributed by atoms with Crippen molar-refractivity contribution < 1.29 is 24.2 Å². The Morgan fingerprint density at radius 3 is 2.73 bits per heavy atom. The number of halogens is 2. The van der Waals surface area contributed by atoms with E-state index in [0.717, 1.165) is 0 Å². The van der Waals surface area contributed by atoms with Crippen molar-refractivity contribution in [2.75, 3.05) is 26.8 Å². The molecule has 1 aliphatic heterocycles. The van der Waals surface area contributed by atoms with Crippen LogP contribution in [0.3, 0.4) is 0 Å². The lowest BCUT2D eigenvalue weighted by atomic mass is 10.1. The van der Waals surface area contributed by atoms with Crippen LogP contribution in [-0.4, -0.2) is 54.8 Å². The zero-order valence-corrected chi connectivity index (χ0v) is 13.4. The van der Waals surface area contributed by atoms with Crippen molar-refractivity contribution in [3.05, 3.63) is 27.7 Å². The van der Waals surface area contributed by atoms with Crippen molar-refractivity contribution in [2.24, 2.45) is 0 Å². The minimum atomic E-state index is -0.966. The summed E-state index contributed by atoms with van der Waals surface area (Å²) in [7, 11) is 1.43. The maximum atomic E-state index is 12.6. The van der Waals surface area contributed by atoms with E-state index in [1.165, 1.54) is 24.1 Å². The molecule has 1 fully saturated rings. The quantitative estimate of drug-likeness (QED) is 0.904. The van der Waals surface area contributed by atoms with Crippen molar-refractivity contribution in [2.45, 2.75) is 12.5 Å². The summed E-state index contributed by atoms with van der Waals surface area (Å²) in [4.78, 5) is 24.9. The van der Waals surface area contributed by atoms with Crippen LogP contribution in [0.2, 0.25) is 10.0 Å². The number of amides is 1. The number of carboxylic acid groups (broad SMARTS) is 1. The van der Waals surface area contributed by atoms with E-state index in [1.807, 2.05) is 0 Å². The first-order valence-corrected chi connectivity index (χ1v) is 7.33. The molecule has 1 aromatic rings. The summed E-state index contributed by atoms with van der Waals surface area (Å²) in [6, 6.07) is 2.93. The van der Waals surface area contributed by atoms with Crippen molar-refractivity contribution in [3.8, 4) is 5.75 Å². The lowest BCUT2D eigenvalue weighted by molar-refractivity contribution is -0.141. The minimum absolute atomic E-state index is 0.151. The van der Waals surface area contributed by atoms with Gasteiger partial charge in [0, 0.05) is 19.2 Å². The molecule has 1 atom stereocenters. The van der Waals surface area contributed by atoms with Gasteiger partial charge in [0.25, 0.3) is 5.91 Å². The highest BCUT2D eigenvalue weighted by atomic mass is 35.5. The summed E-state index contributed by atoms with van der Waals surface area (Å²) in [6.07, 6.45) is -0.675. The number of rotatable bonds is 4. The number of methoxy groups -OCH3 is 1. The Morgan fingerprint density at radius 2 is 2.09 bits per heavy atom. The topological polar surface area (TPSA) is 76.1 Å². The lowest BCUT2D eigenvalue weighted by Gasteiger charge is -2.32. The second kappa shape index (κ2) is 7.17. The Labute approximate surface area is 137 Å². The van der Waals surface area contributed by atoms with Crippen molar-refractivity contribution >= 4 is 35.1 Å². The molecule has 1 N–H and O–H groups in total. The highest BCUT2D eigenvalue weighted by molar-refractivity contribution is 6.42. The first-order valence-electron chi connectivity index (χ1n) is 6.58. The third-order valence-corrected chi connectivity index (χ3v) is 4.02. The maximum absolute atomic E-state index is 12.6. The first kappa shape index (κ1) is 16.9. The summed E-state index contributed by atoms with van der Waals surface area (Å²) < 4.78 is 10.5. The molecule has 0 aliphatic carbocycles. The summed E-state index contributed by atoms with van der Waals surface area (Å²) in [5.41, 5.74) is 0.285. The third kappa shape index (κ3) is 3.82. The van der Waals surface area contributed by atoms with Crippen LogP contribution in [0.4, 0.5) is 0 Å². The summed E-state index contributed by atoms with van der Waals surface area (Å²) in [5, 5.41) is 9.36. The normalized spacial score (nSPS) is 18.1. The third-order valence-electron chi connectivity index (χ3n) is 3.30. The van der Waals surface area contributed by atoms with Gasteiger partial charge in [-0.3, -0.25) is 9.59 Å². The molecule has 2 rings (SSSR count). The Bertz CT molecular complexity index is 593. The molecular formula is C14H15Cl2NO5. The fourth-order valence-corrected chi connectivity index (χ4v) is 2.57. The highest BCUT2D eigenvalue weighted by Crippen LogP contribution is 2.31. The number of morpholine rings is 1. The van der Waals surface area contributed by atoms with Crippen LogP contribution in [0.25, 0.3) is 0 Å². The lowest BCUT2D eigenvalue weighted by Crippen LogP contribution is -2.46. The van der Waals surface area contributed by atoms with E-state index >= 15 is 0 Å². The SMILES string of the molecule is COc1cc(Cl)c(Cl)cc1C(=O)N1CCOC(CC(=O)O)C1. The number of hydrogen-bond acceptors (Lipinski definition) is 4. The van der Waals surface area contributed by atoms with Crippen molar-refractivity contribution in [3.63, 3.8) is 0 Å². The number of benzene rings is 1. The first-order chi connectivity index (χ1) is 10.4. The van der Waals surface area contributed by atoms with Gasteiger partial charge in [0.2, 0.25) is 0 Å². The molecule has 1 aliphatic rings. The van der Waals surface area contributed by atoms with Gasteiger partial charge in [-0.2, -0.15) is 0 Å². The van der Waals surface area contributed by atoms with E-state index in [9.17, 15) is 9.59 Å². The van der Waals surface area contributed by atoms with Gasteiger partial charge in [-0.1, -0.05) is 23.2 Å². The Morgan fingerprint density at radius 1 is 1.41 bits per heavy atom. The van der Waals surface area contributed by atoms with Crippen LogP contribution < -0.4 is 4.74 Å². The van der Waals surface area contributed by atoms with Crippen LogP contribution in [-0.2, 0) is 9.53 Å². The van der Waals surface area contributed by atoms with Gasteiger partial charge in [-0.25, -0.2) is 0 Å². The summed E-state index contributed by atoms with van der Waals surface area (Å²) >= 11 is 11.9. The molecular weight excluding hydrogens is 333 g/mol. The predicted molar refractivity (Wildman–Crippen MR) is 80.9 cm³/mol. The second-order valence-corrected chi connectivity index (χ2v) is 5.62. The molecule has 0 saturated carbocycles.